The molecule has 0 aliphatic rings. The van der Waals surface area contributed by atoms with Crippen molar-refractivity contribution < 1.29 is 9.66 Å². The molecular formula is C13H11N3O3S. The van der Waals surface area contributed by atoms with Crippen molar-refractivity contribution in [2.45, 2.75) is 6.92 Å². The first-order valence-corrected chi connectivity index (χ1v) is 6.43. The van der Waals surface area contributed by atoms with Crippen LogP contribution < -0.4 is 10.5 Å². The normalized spacial score (nSPS) is 10.1. The number of anilines is 1. The zero-order chi connectivity index (χ0) is 14.9. The van der Waals surface area contributed by atoms with Crippen LogP contribution in [0, 0.1) is 28.4 Å². The number of nitro benzene ring substituents is 1. The highest BCUT2D eigenvalue weighted by Crippen LogP contribution is 2.40. The lowest BCUT2D eigenvalue weighted by atomic mass is 10.1. The number of nitriles is 1. The van der Waals surface area contributed by atoms with Crippen molar-refractivity contribution in [3.05, 3.63) is 38.8 Å². The monoisotopic (exact) mass is 289 g/mol. The van der Waals surface area contributed by atoms with Gasteiger partial charge < -0.3 is 10.5 Å². The van der Waals surface area contributed by atoms with Gasteiger partial charge in [0, 0.05) is 10.9 Å². The van der Waals surface area contributed by atoms with E-state index >= 15 is 0 Å². The summed E-state index contributed by atoms with van der Waals surface area (Å²) in [6, 6.07) is 6.70. The van der Waals surface area contributed by atoms with Gasteiger partial charge in [-0.15, -0.1) is 11.3 Å². The first-order valence-electron chi connectivity index (χ1n) is 5.61. The summed E-state index contributed by atoms with van der Waals surface area (Å²) in [5.41, 5.74) is 7.54. The van der Waals surface area contributed by atoms with E-state index in [9.17, 15) is 10.1 Å². The Morgan fingerprint density at radius 2 is 2.20 bits per heavy atom. The van der Waals surface area contributed by atoms with Gasteiger partial charge in [-0.3, -0.25) is 10.1 Å². The van der Waals surface area contributed by atoms with Crippen LogP contribution in [0.15, 0.2) is 18.2 Å². The zero-order valence-electron chi connectivity index (χ0n) is 10.8. The predicted molar refractivity (Wildman–Crippen MR) is 76.8 cm³/mol. The summed E-state index contributed by atoms with van der Waals surface area (Å²) >= 11 is 1.22. The highest BCUT2D eigenvalue weighted by atomic mass is 32.1. The van der Waals surface area contributed by atoms with Crippen LogP contribution in [0.1, 0.15) is 10.4 Å². The van der Waals surface area contributed by atoms with Crippen molar-refractivity contribution in [2.75, 3.05) is 12.8 Å². The average Bonchev–Trinajstić information content (AvgIpc) is 2.74. The van der Waals surface area contributed by atoms with Crippen LogP contribution in [-0.4, -0.2) is 12.0 Å². The fourth-order valence-corrected chi connectivity index (χ4v) is 2.88. The van der Waals surface area contributed by atoms with E-state index in [1.54, 1.807) is 13.0 Å². The van der Waals surface area contributed by atoms with Gasteiger partial charge in [0.15, 0.2) is 5.75 Å². The Labute approximate surface area is 119 Å². The van der Waals surface area contributed by atoms with Crippen LogP contribution in [-0.2, 0) is 0 Å². The lowest BCUT2D eigenvalue weighted by molar-refractivity contribution is -0.385. The number of ether oxygens (including phenoxy) is 1. The van der Waals surface area contributed by atoms with E-state index in [1.165, 1.54) is 30.6 Å². The molecule has 2 N–H and O–H groups in total. The summed E-state index contributed by atoms with van der Waals surface area (Å²) in [5, 5.41) is 20.0. The Balaban J connectivity index is 2.63. The van der Waals surface area contributed by atoms with Gasteiger partial charge in [0.2, 0.25) is 0 Å². The number of nitrogens with two attached hydrogens (primary N) is 1. The minimum absolute atomic E-state index is 0.116. The number of nitro groups is 1. The molecule has 7 heteroatoms. The van der Waals surface area contributed by atoms with Crippen molar-refractivity contribution in [3.8, 4) is 22.3 Å². The van der Waals surface area contributed by atoms with E-state index in [1.807, 2.05) is 6.07 Å². The van der Waals surface area contributed by atoms with Crippen LogP contribution in [0.25, 0.3) is 10.4 Å². The van der Waals surface area contributed by atoms with Crippen LogP contribution >= 0.6 is 11.3 Å². The van der Waals surface area contributed by atoms with Gasteiger partial charge in [-0.05, 0) is 30.2 Å². The average molecular weight is 289 g/mol. The molecule has 0 unspecified atom stereocenters. The molecule has 0 radical (unpaired) electrons. The smallest absolute Gasteiger partial charge is 0.311 e. The first kappa shape index (κ1) is 13.8. The quantitative estimate of drug-likeness (QED) is 0.690. The lowest BCUT2D eigenvalue weighted by Crippen LogP contribution is -1.94. The van der Waals surface area contributed by atoms with Crippen LogP contribution in [0.5, 0.6) is 5.75 Å². The Morgan fingerprint density at radius 3 is 2.70 bits per heavy atom. The van der Waals surface area contributed by atoms with E-state index in [4.69, 9.17) is 15.7 Å². The maximum atomic E-state index is 11.0. The van der Waals surface area contributed by atoms with Crippen molar-refractivity contribution in [3.63, 3.8) is 0 Å². The maximum absolute atomic E-state index is 11.0. The minimum atomic E-state index is -0.500. The summed E-state index contributed by atoms with van der Waals surface area (Å²) in [5.74, 6) is 0.196. The zero-order valence-corrected chi connectivity index (χ0v) is 11.7. The molecule has 0 spiro atoms. The van der Waals surface area contributed by atoms with Gasteiger partial charge in [-0.2, -0.15) is 5.26 Å². The molecular weight excluding hydrogens is 278 g/mol. The van der Waals surface area contributed by atoms with E-state index < -0.39 is 4.92 Å². The summed E-state index contributed by atoms with van der Waals surface area (Å²) in [6.45, 7) is 1.79. The Morgan fingerprint density at radius 1 is 1.50 bits per heavy atom. The van der Waals surface area contributed by atoms with Crippen LogP contribution in [0.2, 0.25) is 0 Å². The topological polar surface area (TPSA) is 102 Å². The third kappa shape index (κ3) is 2.17. The fourth-order valence-electron chi connectivity index (χ4n) is 1.86. The summed E-state index contributed by atoms with van der Waals surface area (Å²) in [7, 11) is 1.38. The molecule has 20 heavy (non-hydrogen) atoms. The van der Waals surface area contributed by atoms with Gasteiger partial charge in [-0.1, -0.05) is 0 Å². The minimum Gasteiger partial charge on any atom is -0.490 e. The van der Waals surface area contributed by atoms with Crippen LogP contribution in [0.4, 0.5) is 11.4 Å². The van der Waals surface area contributed by atoms with E-state index in [-0.39, 0.29) is 11.4 Å². The molecule has 102 valence electrons. The maximum Gasteiger partial charge on any atom is 0.311 e. The van der Waals surface area contributed by atoms with Crippen molar-refractivity contribution >= 4 is 22.7 Å². The molecule has 1 aromatic heterocycles. The molecule has 0 atom stereocenters. The molecule has 1 heterocycles. The SMILES string of the molecule is COc1ccc(-c2sc(C#N)c(N)c2C)cc1[N+](=O)[O-]. The second-order valence-corrected chi connectivity index (χ2v) is 5.08. The number of methoxy groups -OCH3 is 1. The molecule has 0 saturated carbocycles. The van der Waals surface area contributed by atoms with E-state index in [0.29, 0.717) is 16.1 Å². The number of hydrogen-bond donors (Lipinski definition) is 1. The molecule has 6 nitrogen and oxygen atoms in total. The molecule has 0 bridgehead atoms. The van der Waals surface area contributed by atoms with Gasteiger partial charge in [0.1, 0.15) is 10.9 Å². The molecule has 2 rings (SSSR count). The van der Waals surface area contributed by atoms with Crippen molar-refractivity contribution in [1.82, 2.24) is 0 Å². The molecule has 2 aromatic rings. The largest absolute Gasteiger partial charge is 0.490 e. The summed E-state index contributed by atoms with van der Waals surface area (Å²) < 4.78 is 4.96. The second kappa shape index (κ2) is 5.19. The van der Waals surface area contributed by atoms with Crippen molar-refractivity contribution in [1.29, 1.82) is 5.26 Å². The first-order chi connectivity index (χ1) is 9.49. The highest BCUT2D eigenvalue weighted by molar-refractivity contribution is 7.16. The predicted octanol–water partition coefficient (Wildman–Crippen LogP) is 3.09. The van der Waals surface area contributed by atoms with Gasteiger partial charge in [0.25, 0.3) is 0 Å². The Kier molecular flexibility index (Phi) is 3.59. The lowest BCUT2D eigenvalue weighted by Gasteiger charge is -2.04. The Hall–Kier alpha value is -2.59. The van der Waals surface area contributed by atoms with Gasteiger partial charge in [0.05, 0.1) is 17.7 Å². The van der Waals surface area contributed by atoms with E-state index in [2.05, 4.69) is 0 Å². The third-order valence-electron chi connectivity index (χ3n) is 2.93. The number of thiophene rings is 1. The molecule has 0 aliphatic heterocycles. The Bertz CT molecular complexity index is 731. The third-order valence-corrected chi connectivity index (χ3v) is 4.19. The molecule has 0 aliphatic carbocycles. The fraction of sp³-hybridized carbons (Fsp3) is 0.154. The number of nitrogen functional groups attached to an aromatic ring is 1. The summed E-state index contributed by atoms with van der Waals surface area (Å²) in [6.07, 6.45) is 0. The standard InChI is InChI=1S/C13H11N3O3S/c1-7-12(15)11(6-14)20-13(7)8-3-4-10(19-2)9(5-8)16(17)18/h3-5H,15H2,1-2H3. The molecule has 0 fully saturated rings. The second-order valence-electron chi connectivity index (χ2n) is 4.05. The number of rotatable bonds is 3. The number of hydrogen-bond acceptors (Lipinski definition) is 6. The van der Waals surface area contributed by atoms with Gasteiger partial charge >= 0.3 is 5.69 Å². The van der Waals surface area contributed by atoms with Crippen molar-refractivity contribution in [2.24, 2.45) is 0 Å². The molecule has 1 aromatic carbocycles. The number of benzene rings is 1. The molecule has 0 saturated heterocycles. The molecule has 0 amide bonds. The summed E-state index contributed by atoms with van der Waals surface area (Å²) in [4.78, 5) is 11.7. The number of nitrogens with zero attached hydrogens (tertiary/aromatic N) is 2. The van der Waals surface area contributed by atoms with Crippen LogP contribution in [0.3, 0.4) is 0 Å². The highest BCUT2D eigenvalue weighted by Gasteiger charge is 2.19. The van der Waals surface area contributed by atoms with Gasteiger partial charge in [-0.25, -0.2) is 0 Å². The van der Waals surface area contributed by atoms with E-state index in [0.717, 1.165) is 10.4 Å².